The molecule has 0 aromatic carbocycles. The standard InChI is InChI=1S/C23H31N7O2/c1-5-12-30(13-6-2)22-26-20(16-25-29-21-15-17(3)18(4)32-21)27-23(28-22)31-14-10-19-9-7-8-11-24-19/h7-9,11,15-16,29H,5-6,10,12-14H2,1-4H3/b25-16+. The van der Waals surface area contributed by atoms with Gasteiger partial charge in [-0.3, -0.25) is 4.98 Å². The van der Waals surface area contributed by atoms with E-state index in [2.05, 4.69) is 49.2 Å². The van der Waals surface area contributed by atoms with E-state index >= 15 is 0 Å². The molecule has 0 spiro atoms. The summed E-state index contributed by atoms with van der Waals surface area (Å²) in [5.41, 5.74) is 4.89. The van der Waals surface area contributed by atoms with Gasteiger partial charge in [-0.1, -0.05) is 19.9 Å². The summed E-state index contributed by atoms with van der Waals surface area (Å²) in [5.74, 6) is 2.41. The molecule has 0 aliphatic heterocycles. The second-order valence-electron chi connectivity index (χ2n) is 7.40. The lowest BCUT2D eigenvalue weighted by atomic mass is 10.3. The van der Waals surface area contributed by atoms with Crippen LogP contribution in [0.5, 0.6) is 6.01 Å². The summed E-state index contributed by atoms with van der Waals surface area (Å²) >= 11 is 0. The molecule has 0 aliphatic carbocycles. The van der Waals surface area contributed by atoms with Gasteiger partial charge in [-0.2, -0.15) is 20.1 Å². The van der Waals surface area contributed by atoms with E-state index in [1.165, 1.54) is 0 Å². The van der Waals surface area contributed by atoms with Crippen molar-refractivity contribution in [1.82, 2.24) is 19.9 Å². The Balaban J connectivity index is 1.76. The number of pyridine rings is 1. The monoisotopic (exact) mass is 437 g/mol. The molecular formula is C23H31N7O2. The first-order valence-corrected chi connectivity index (χ1v) is 11.0. The molecule has 3 heterocycles. The van der Waals surface area contributed by atoms with Crippen LogP contribution in [0.4, 0.5) is 11.8 Å². The second kappa shape index (κ2) is 11.8. The van der Waals surface area contributed by atoms with Crippen LogP contribution in [0.3, 0.4) is 0 Å². The zero-order valence-corrected chi connectivity index (χ0v) is 19.2. The van der Waals surface area contributed by atoms with Crippen LogP contribution in [-0.2, 0) is 6.42 Å². The predicted molar refractivity (Wildman–Crippen MR) is 125 cm³/mol. The van der Waals surface area contributed by atoms with Gasteiger partial charge < -0.3 is 14.1 Å². The van der Waals surface area contributed by atoms with E-state index in [0.717, 1.165) is 42.9 Å². The molecule has 0 atom stereocenters. The molecular weight excluding hydrogens is 406 g/mol. The fourth-order valence-electron chi connectivity index (χ4n) is 3.05. The van der Waals surface area contributed by atoms with Crippen molar-refractivity contribution in [1.29, 1.82) is 0 Å². The molecule has 32 heavy (non-hydrogen) atoms. The lowest BCUT2D eigenvalue weighted by molar-refractivity contribution is 0.293. The van der Waals surface area contributed by atoms with Crippen molar-refractivity contribution in [2.75, 3.05) is 30.0 Å². The number of hydrogen-bond donors (Lipinski definition) is 1. The number of anilines is 2. The van der Waals surface area contributed by atoms with Crippen LogP contribution in [-0.4, -0.2) is 45.8 Å². The largest absolute Gasteiger partial charge is 0.463 e. The van der Waals surface area contributed by atoms with E-state index in [-0.39, 0.29) is 6.01 Å². The third kappa shape index (κ3) is 6.76. The molecule has 3 aromatic rings. The van der Waals surface area contributed by atoms with E-state index in [1.807, 2.05) is 38.1 Å². The summed E-state index contributed by atoms with van der Waals surface area (Å²) in [4.78, 5) is 20.0. The lowest BCUT2D eigenvalue weighted by Crippen LogP contribution is -2.27. The zero-order chi connectivity index (χ0) is 22.8. The molecule has 170 valence electrons. The van der Waals surface area contributed by atoms with Gasteiger partial charge in [0, 0.05) is 37.5 Å². The van der Waals surface area contributed by atoms with Crippen LogP contribution >= 0.6 is 0 Å². The maximum Gasteiger partial charge on any atom is 0.321 e. The average molecular weight is 438 g/mol. The van der Waals surface area contributed by atoms with Crippen molar-refractivity contribution < 1.29 is 9.15 Å². The molecule has 0 radical (unpaired) electrons. The molecule has 3 aromatic heterocycles. The number of hydrogen-bond acceptors (Lipinski definition) is 9. The lowest BCUT2D eigenvalue weighted by Gasteiger charge is -2.21. The van der Waals surface area contributed by atoms with Crippen molar-refractivity contribution in [3.05, 3.63) is 53.3 Å². The SMILES string of the molecule is CCCN(CCC)c1nc(/C=N/Nc2cc(C)c(C)o2)nc(OCCc2ccccn2)n1. The normalized spacial score (nSPS) is 11.1. The van der Waals surface area contributed by atoms with Gasteiger partial charge in [0.25, 0.3) is 0 Å². The Bertz CT molecular complexity index is 979. The Labute approximate surface area is 189 Å². The quantitative estimate of drug-likeness (QED) is 0.333. The van der Waals surface area contributed by atoms with Crippen LogP contribution < -0.4 is 15.1 Å². The Hall–Kier alpha value is -3.49. The predicted octanol–water partition coefficient (Wildman–Crippen LogP) is 4.17. The third-order valence-electron chi connectivity index (χ3n) is 4.73. The average Bonchev–Trinajstić information content (AvgIpc) is 3.11. The summed E-state index contributed by atoms with van der Waals surface area (Å²) in [7, 11) is 0. The minimum atomic E-state index is 0.272. The number of furan rings is 1. The molecule has 1 N–H and O–H groups in total. The van der Waals surface area contributed by atoms with Crippen LogP contribution in [0.25, 0.3) is 0 Å². The van der Waals surface area contributed by atoms with E-state index in [9.17, 15) is 0 Å². The van der Waals surface area contributed by atoms with E-state index in [1.54, 1.807) is 12.4 Å². The van der Waals surface area contributed by atoms with Crippen LogP contribution in [0.2, 0.25) is 0 Å². The number of nitrogens with one attached hydrogen (secondary N) is 1. The van der Waals surface area contributed by atoms with Crippen molar-refractivity contribution in [2.45, 2.75) is 47.0 Å². The summed E-state index contributed by atoms with van der Waals surface area (Å²) in [5, 5.41) is 4.22. The molecule has 0 bridgehead atoms. The number of aryl methyl sites for hydroxylation is 2. The number of ether oxygens (including phenoxy) is 1. The highest BCUT2D eigenvalue weighted by atomic mass is 16.5. The molecule has 0 saturated heterocycles. The highest BCUT2D eigenvalue weighted by Crippen LogP contribution is 2.18. The molecule has 0 unspecified atom stereocenters. The van der Waals surface area contributed by atoms with Crippen LogP contribution in [0, 0.1) is 13.8 Å². The first kappa shape index (κ1) is 23.2. The van der Waals surface area contributed by atoms with Crippen LogP contribution in [0.15, 0.2) is 40.0 Å². The topological polar surface area (TPSA) is 102 Å². The van der Waals surface area contributed by atoms with Crippen LogP contribution in [0.1, 0.15) is 49.5 Å². The van der Waals surface area contributed by atoms with Gasteiger partial charge >= 0.3 is 6.01 Å². The smallest absolute Gasteiger partial charge is 0.321 e. The molecule has 0 fully saturated rings. The summed E-state index contributed by atoms with van der Waals surface area (Å²) in [6.45, 7) is 10.3. The third-order valence-corrected chi connectivity index (χ3v) is 4.73. The number of rotatable bonds is 12. The molecule has 0 amide bonds. The first-order valence-electron chi connectivity index (χ1n) is 11.0. The van der Waals surface area contributed by atoms with Gasteiger partial charge in [-0.05, 0) is 44.4 Å². The van der Waals surface area contributed by atoms with Gasteiger partial charge in [0.05, 0.1) is 12.8 Å². The van der Waals surface area contributed by atoms with E-state index < -0.39 is 0 Å². The highest BCUT2D eigenvalue weighted by molar-refractivity contribution is 5.75. The maximum atomic E-state index is 5.85. The van der Waals surface area contributed by atoms with Crippen molar-refractivity contribution in [3.8, 4) is 6.01 Å². The van der Waals surface area contributed by atoms with Gasteiger partial charge in [0.15, 0.2) is 5.82 Å². The summed E-state index contributed by atoms with van der Waals surface area (Å²) in [6.07, 6.45) is 5.96. The fraction of sp³-hybridized carbons (Fsp3) is 0.435. The minimum Gasteiger partial charge on any atom is -0.463 e. The Kier molecular flexibility index (Phi) is 8.53. The maximum absolute atomic E-state index is 5.85. The Morgan fingerprint density at radius 1 is 1.12 bits per heavy atom. The molecule has 3 rings (SSSR count). The minimum absolute atomic E-state index is 0.272. The summed E-state index contributed by atoms with van der Waals surface area (Å²) in [6, 6.07) is 7.98. The van der Waals surface area contributed by atoms with E-state index in [4.69, 9.17) is 9.15 Å². The van der Waals surface area contributed by atoms with Crippen molar-refractivity contribution >= 4 is 18.0 Å². The van der Waals surface area contributed by atoms with E-state index in [0.29, 0.717) is 30.7 Å². The molecule has 0 saturated carbocycles. The van der Waals surface area contributed by atoms with Gasteiger partial charge in [-0.15, -0.1) is 0 Å². The number of aromatic nitrogens is 4. The van der Waals surface area contributed by atoms with Crippen molar-refractivity contribution in [2.24, 2.45) is 5.10 Å². The Morgan fingerprint density at radius 3 is 2.59 bits per heavy atom. The number of nitrogens with zero attached hydrogens (tertiary/aromatic N) is 6. The Morgan fingerprint density at radius 2 is 1.94 bits per heavy atom. The highest BCUT2D eigenvalue weighted by Gasteiger charge is 2.13. The van der Waals surface area contributed by atoms with Gasteiger partial charge in [0.1, 0.15) is 5.76 Å². The number of hydrazone groups is 1. The molecule has 0 aliphatic rings. The summed E-state index contributed by atoms with van der Waals surface area (Å²) < 4.78 is 11.4. The second-order valence-corrected chi connectivity index (χ2v) is 7.40. The molecule has 9 nitrogen and oxygen atoms in total. The molecule has 9 heteroatoms. The first-order chi connectivity index (χ1) is 15.6. The van der Waals surface area contributed by atoms with Crippen molar-refractivity contribution in [3.63, 3.8) is 0 Å². The van der Waals surface area contributed by atoms with Gasteiger partial charge in [0.2, 0.25) is 11.8 Å². The van der Waals surface area contributed by atoms with Gasteiger partial charge in [-0.25, -0.2) is 5.43 Å². The fourth-order valence-corrected chi connectivity index (χ4v) is 3.05. The zero-order valence-electron chi connectivity index (χ0n) is 19.2.